The summed E-state index contributed by atoms with van der Waals surface area (Å²) in [5.41, 5.74) is 2.17. The van der Waals surface area contributed by atoms with Crippen LogP contribution in [-0.2, 0) is 19.5 Å². The predicted octanol–water partition coefficient (Wildman–Crippen LogP) is 3.16. The Morgan fingerprint density at radius 3 is 2.58 bits per heavy atom. The molecular weight excluding hydrogens is 281 g/mol. The van der Waals surface area contributed by atoms with Crippen LogP contribution in [0.5, 0.6) is 0 Å². The third kappa shape index (κ3) is 2.86. The van der Waals surface area contributed by atoms with Crippen LogP contribution in [0.2, 0.25) is 0 Å². The molecule has 106 valence electrons. The molecule has 19 heavy (non-hydrogen) atoms. The molecule has 2 rings (SSSR count). The van der Waals surface area contributed by atoms with E-state index in [0.29, 0.717) is 11.3 Å². The summed E-state index contributed by atoms with van der Waals surface area (Å²) in [6.45, 7) is 2.05. The van der Waals surface area contributed by atoms with E-state index in [0.717, 1.165) is 11.3 Å². The number of alkyl halides is 4. The lowest BCUT2D eigenvalue weighted by Crippen LogP contribution is -2.11. The predicted molar refractivity (Wildman–Crippen MR) is 66.1 cm³/mol. The Hall–Kier alpha value is -1.24. The summed E-state index contributed by atoms with van der Waals surface area (Å²) in [6, 6.07) is 0. The molecule has 0 aliphatic heterocycles. The maximum Gasteiger partial charge on any atom is 0.389 e. The third-order valence-electron chi connectivity index (χ3n) is 2.93. The van der Waals surface area contributed by atoms with Crippen LogP contribution in [0.3, 0.4) is 0 Å². The molecule has 0 bridgehead atoms. The van der Waals surface area contributed by atoms with Gasteiger partial charge in [-0.2, -0.15) is 18.3 Å². The summed E-state index contributed by atoms with van der Waals surface area (Å²) in [4.78, 5) is 4.33. The van der Waals surface area contributed by atoms with Gasteiger partial charge in [0.15, 0.2) is 5.65 Å². The molecule has 2 heterocycles. The van der Waals surface area contributed by atoms with Gasteiger partial charge in [-0.25, -0.2) is 4.98 Å². The fraction of sp³-hybridized carbons (Fsp3) is 0.636. The van der Waals surface area contributed by atoms with Gasteiger partial charge in [0.05, 0.1) is 11.6 Å². The molecule has 0 radical (unpaired) electrons. The average Bonchev–Trinajstić information content (AvgIpc) is 2.77. The van der Waals surface area contributed by atoms with Crippen molar-refractivity contribution < 1.29 is 13.2 Å². The molecule has 2 aromatic heterocycles. The van der Waals surface area contributed by atoms with Crippen molar-refractivity contribution in [3.05, 3.63) is 11.5 Å². The number of aryl methyl sites for hydroxylation is 3. The van der Waals surface area contributed by atoms with Gasteiger partial charge in [0.25, 0.3) is 0 Å². The van der Waals surface area contributed by atoms with Crippen LogP contribution >= 0.6 is 11.6 Å². The van der Waals surface area contributed by atoms with Crippen molar-refractivity contribution in [2.45, 2.75) is 38.4 Å². The first-order valence-corrected chi connectivity index (χ1v) is 6.38. The van der Waals surface area contributed by atoms with Crippen LogP contribution in [-0.4, -0.2) is 25.5 Å². The van der Waals surface area contributed by atoms with Crippen LogP contribution in [0.4, 0.5) is 13.2 Å². The van der Waals surface area contributed by atoms with Gasteiger partial charge < -0.3 is 4.57 Å². The molecule has 2 aromatic rings. The lowest BCUT2D eigenvalue weighted by molar-refractivity contribution is -0.135. The first-order valence-electron chi connectivity index (χ1n) is 5.85. The second kappa shape index (κ2) is 5.03. The lowest BCUT2D eigenvalue weighted by atomic mass is 10.3. The topological polar surface area (TPSA) is 35.6 Å². The minimum Gasteiger partial charge on any atom is -0.312 e. The van der Waals surface area contributed by atoms with Crippen LogP contribution in [0, 0.1) is 6.92 Å². The first kappa shape index (κ1) is 14.2. The zero-order valence-corrected chi connectivity index (χ0v) is 11.4. The van der Waals surface area contributed by atoms with Gasteiger partial charge in [-0.15, -0.1) is 11.6 Å². The summed E-state index contributed by atoms with van der Waals surface area (Å²) < 4.78 is 39.9. The number of imidazole rings is 1. The monoisotopic (exact) mass is 294 g/mol. The number of hydrogen-bond donors (Lipinski definition) is 0. The van der Waals surface area contributed by atoms with E-state index in [2.05, 4.69) is 10.1 Å². The Morgan fingerprint density at radius 1 is 1.32 bits per heavy atom. The van der Waals surface area contributed by atoms with Gasteiger partial charge in [0.1, 0.15) is 11.3 Å². The SMILES string of the molecule is Cc1nn(C)c2c1nc(CCl)n2CCCC(F)(F)F. The van der Waals surface area contributed by atoms with E-state index in [1.54, 1.807) is 16.3 Å². The highest BCUT2D eigenvalue weighted by molar-refractivity contribution is 6.16. The van der Waals surface area contributed by atoms with Crippen molar-refractivity contribution in [2.75, 3.05) is 0 Å². The summed E-state index contributed by atoms with van der Waals surface area (Å²) in [5.74, 6) is 0.745. The van der Waals surface area contributed by atoms with Crippen LogP contribution in [0.25, 0.3) is 11.2 Å². The molecule has 8 heteroatoms. The molecule has 0 aliphatic carbocycles. The summed E-state index contributed by atoms with van der Waals surface area (Å²) >= 11 is 5.80. The Labute approximate surface area is 113 Å². The van der Waals surface area contributed by atoms with E-state index in [-0.39, 0.29) is 18.8 Å². The van der Waals surface area contributed by atoms with Crippen molar-refractivity contribution >= 4 is 22.8 Å². The van der Waals surface area contributed by atoms with Crippen molar-refractivity contribution in [1.29, 1.82) is 0 Å². The van der Waals surface area contributed by atoms with E-state index in [4.69, 9.17) is 11.6 Å². The second-order valence-electron chi connectivity index (χ2n) is 4.41. The molecular formula is C11H14ClF3N4. The zero-order chi connectivity index (χ0) is 14.2. The maximum atomic E-state index is 12.2. The molecule has 0 saturated carbocycles. The molecule has 0 spiro atoms. The van der Waals surface area contributed by atoms with Crippen molar-refractivity contribution in [2.24, 2.45) is 7.05 Å². The van der Waals surface area contributed by atoms with E-state index in [9.17, 15) is 13.2 Å². The van der Waals surface area contributed by atoms with Crippen LogP contribution < -0.4 is 0 Å². The van der Waals surface area contributed by atoms with E-state index in [1.807, 2.05) is 6.92 Å². The lowest BCUT2D eigenvalue weighted by Gasteiger charge is -2.09. The number of halogens is 4. The Morgan fingerprint density at radius 2 is 2.00 bits per heavy atom. The second-order valence-corrected chi connectivity index (χ2v) is 4.68. The Balaban J connectivity index is 2.30. The normalized spacial score (nSPS) is 12.5. The number of aromatic nitrogens is 4. The molecule has 4 nitrogen and oxygen atoms in total. The largest absolute Gasteiger partial charge is 0.389 e. The van der Waals surface area contributed by atoms with Gasteiger partial charge in [-0.1, -0.05) is 0 Å². The molecule has 0 unspecified atom stereocenters. The summed E-state index contributed by atoms with van der Waals surface area (Å²) in [7, 11) is 1.75. The van der Waals surface area contributed by atoms with Crippen LogP contribution in [0.1, 0.15) is 24.4 Å². The van der Waals surface area contributed by atoms with E-state index < -0.39 is 12.6 Å². The molecule has 0 aromatic carbocycles. The molecule has 0 amide bonds. The highest BCUT2D eigenvalue weighted by atomic mass is 35.5. The number of fused-ring (bicyclic) bond motifs is 1. The first-order chi connectivity index (χ1) is 8.83. The van der Waals surface area contributed by atoms with Gasteiger partial charge >= 0.3 is 6.18 Å². The summed E-state index contributed by atoms with van der Waals surface area (Å²) in [5, 5.41) is 4.21. The Kier molecular flexibility index (Phi) is 3.75. The third-order valence-corrected chi connectivity index (χ3v) is 3.17. The van der Waals surface area contributed by atoms with Crippen molar-refractivity contribution in [1.82, 2.24) is 19.3 Å². The quantitative estimate of drug-likeness (QED) is 0.812. The van der Waals surface area contributed by atoms with Crippen LogP contribution in [0.15, 0.2) is 0 Å². The fourth-order valence-corrected chi connectivity index (χ4v) is 2.36. The summed E-state index contributed by atoms with van der Waals surface area (Å²) in [6.07, 6.45) is -4.95. The maximum absolute atomic E-state index is 12.2. The number of rotatable bonds is 4. The Bertz CT molecular complexity index is 585. The minimum absolute atomic E-state index is 0.00305. The standard InChI is InChI=1S/C11H14ClF3N4/c1-7-9-10(18(2)17-7)19(8(6-12)16-9)5-3-4-11(13,14)15/h3-6H2,1-2H3. The van der Waals surface area contributed by atoms with Gasteiger partial charge in [0.2, 0.25) is 0 Å². The highest BCUT2D eigenvalue weighted by Crippen LogP contribution is 2.24. The molecule has 0 aliphatic rings. The smallest absolute Gasteiger partial charge is 0.312 e. The van der Waals surface area contributed by atoms with Crippen molar-refractivity contribution in [3.8, 4) is 0 Å². The molecule has 0 fully saturated rings. The molecule has 0 N–H and O–H groups in total. The van der Waals surface area contributed by atoms with Gasteiger partial charge in [0, 0.05) is 20.0 Å². The zero-order valence-electron chi connectivity index (χ0n) is 10.6. The average molecular weight is 295 g/mol. The fourth-order valence-electron chi connectivity index (χ4n) is 2.15. The molecule has 0 saturated heterocycles. The van der Waals surface area contributed by atoms with E-state index >= 15 is 0 Å². The highest BCUT2D eigenvalue weighted by Gasteiger charge is 2.26. The van der Waals surface area contributed by atoms with Crippen molar-refractivity contribution in [3.63, 3.8) is 0 Å². The number of hydrogen-bond acceptors (Lipinski definition) is 2. The molecule has 0 atom stereocenters. The number of nitrogens with zero attached hydrogens (tertiary/aromatic N) is 4. The van der Waals surface area contributed by atoms with E-state index in [1.165, 1.54) is 0 Å². The minimum atomic E-state index is -4.14. The van der Waals surface area contributed by atoms with Gasteiger partial charge in [-0.3, -0.25) is 4.68 Å². The van der Waals surface area contributed by atoms with Gasteiger partial charge in [-0.05, 0) is 13.3 Å².